The molecule has 0 bridgehead atoms. The fraction of sp³-hybridized carbons (Fsp3) is 0.909. The summed E-state index contributed by atoms with van der Waals surface area (Å²) >= 11 is 0. The van der Waals surface area contributed by atoms with Crippen molar-refractivity contribution in [2.24, 2.45) is 50.2 Å². The minimum atomic E-state index is -1.85. The zero-order chi connectivity index (χ0) is 43.2. The first kappa shape index (κ1) is 45.3. The Hall–Kier alpha value is -1.76. The number of aliphatic hydroxyl groups is 7. The van der Waals surface area contributed by atoms with Crippen LogP contribution >= 0.6 is 0 Å². The molecule has 2 heterocycles. The van der Waals surface area contributed by atoms with E-state index in [2.05, 4.69) is 40.7 Å². The van der Waals surface area contributed by atoms with E-state index in [9.17, 15) is 45.3 Å². The van der Waals surface area contributed by atoms with Gasteiger partial charge in [0.15, 0.2) is 18.7 Å². The summed E-state index contributed by atoms with van der Waals surface area (Å²) in [6.07, 6.45) is -6.86. The van der Waals surface area contributed by atoms with Crippen LogP contribution in [-0.4, -0.2) is 143 Å². The highest BCUT2D eigenvalue weighted by molar-refractivity contribution is 5.78. The van der Waals surface area contributed by atoms with Crippen molar-refractivity contribution in [3.63, 3.8) is 0 Å². The van der Waals surface area contributed by atoms with Gasteiger partial charge in [-0.2, -0.15) is 0 Å². The van der Waals surface area contributed by atoms with Crippen LogP contribution in [0.4, 0.5) is 0 Å². The van der Waals surface area contributed by atoms with E-state index in [0.29, 0.717) is 6.42 Å². The minimum Gasteiger partial charge on any atom is -0.469 e. The predicted octanol–water partition coefficient (Wildman–Crippen LogP) is 2.12. The number of esters is 2. The van der Waals surface area contributed by atoms with Crippen LogP contribution in [0.15, 0.2) is 11.6 Å². The summed E-state index contributed by atoms with van der Waals surface area (Å²) in [4.78, 5) is 26.5. The van der Waals surface area contributed by atoms with Gasteiger partial charge in [-0.15, -0.1) is 0 Å². The summed E-state index contributed by atoms with van der Waals surface area (Å²) < 4.78 is 34.7. The molecule has 0 unspecified atom stereocenters. The summed E-state index contributed by atoms with van der Waals surface area (Å²) in [6, 6.07) is 0. The van der Waals surface area contributed by atoms with Crippen LogP contribution in [0.25, 0.3) is 0 Å². The van der Waals surface area contributed by atoms with Crippen molar-refractivity contribution in [3.8, 4) is 0 Å². The van der Waals surface area contributed by atoms with E-state index in [0.717, 1.165) is 64.9 Å². The molecule has 4 saturated carbocycles. The Bertz CT molecular complexity index is 1620. The number of allylic oxidation sites excluding steroid dienone is 2. The third-order valence-electron chi connectivity index (χ3n) is 17.7. The highest BCUT2D eigenvalue weighted by Gasteiger charge is 2.70. The first-order chi connectivity index (χ1) is 27.6. The molecule has 2 saturated heterocycles. The van der Waals surface area contributed by atoms with Crippen LogP contribution in [-0.2, 0) is 38.0 Å². The van der Waals surface area contributed by atoms with Crippen LogP contribution in [0.1, 0.15) is 106 Å². The molecule has 5 aliphatic carbocycles. The molecule has 15 heteroatoms. The summed E-state index contributed by atoms with van der Waals surface area (Å²) in [6.45, 7) is 12.9. The lowest BCUT2D eigenvalue weighted by Gasteiger charge is -2.71. The number of aliphatic hydroxyl groups excluding tert-OH is 7. The predicted molar refractivity (Wildman–Crippen MR) is 209 cm³/mol. The van der Waals surface area contributed by atoms with Crippen LogP contribution in [0.5, 0.6) is 0 Å². The van der Waals surface area contributed by atoms with Crippen molar-refractivity contribution in [2.75, 3.05) is 27.4 Å². The molecule has 336 valence electrons. The van der Waals surface area contributed by atoms with Gasteiger partial charge in [0, 0.05) is 5.41 Å². The quantitative estimate of drug-likeness (QED) is 0.106. The molecule has 15 nitrogen and oxygen atoms in total. The third kappa shape index (κ3) is 6.78. The van der Waals surface area contributed by atoms with E-state index < -0.39 is 90.9 Å². The highest BCUT2D eigenvalue weighted by Crippen LogP contribution is 2.76. The van der Waals surface area contributed by atoms with Gasteiger partial charge >= 0.3 is 11.9 Å². The van der Waals surface area contributed by atoms with E-state index in [-0.39, 0.29) is 52.0 Å². The van der Waals surface area contributed by atoms with E-state index in [1.54, 1.807) is 0 Å². The Morgan fingerprint density at radius 2 is 1.44 bits per heavy atom. The Kier molecular flexibility index (Phi) is 12.1. The second-order valence-electron chi connectivity index (χ2n) is 20.9. The third-order valence-corrected chi connectivity index (χ3v) is 17.7. The molecule has 6 fully saturated rings. The number of ether oxygens (including phenoxy) is 6. The van der Waals surface area contributed by atoms with Crippen molar-refractivity contribution in [3.05, 3.63) is 11.6 Å². The zero-order valence-corrected chi connectivity index (χ0v) is 36.0. The first-order valence-electron chi connectivity index (χ1n) is 21.7. The molecule has 0 aromatic rings. The number of fused-ring (bicyclic) bond motifs is 7. The summed E-state index contributed by atoms with van der Waals surface area (Å²) in [5.74, 6) is -0.703. The maximum atomic E-state index is 13.7. The molecule has 7 aliphatic rings. The minimum absolute atomic E-state index is 0.0259. The Morgan fingerprint density at radius 3 is 2.08 bits per heavy atom. The van der Waals surface area contributed by atoms with Crippen molar-refractivity contribution in [1.82, 2.24) is 0 Å². The normalized spacial score (nSPS) is 51.8. The lowest BCUT2D eigenvalue weighted by molar-refractivity contribution is -0.375. The molecule has 19 atom stereocenters. The lowest BCUT2D eigenvalue weighted by atomic mass is 9.33. The SMILES string of the molecule is COC(=O)[C@H]1O[C@@H](O[C@H]2CC[C@@]3(C)[C@@H](CC[C@]4(C)[C@@H]3CC=C3[C@@H]5CC(C)(C)CC[C@]5(C(=O)OC)CC[C@]34C)[C@]2(C)CO)[C@H](O[C@@H]2O[C@H](CO)[C@H](O)[C@H](O)[C@H]2O)[C@@H](O)[C@@H]1O. The van der Waals surface area contributed by atoms with Gasteiger partial charge in [0.05, 0.1) is 39.0 Å². The average molecular weight is 839 g/mol. The van der Waals surface area contributed by atoms with Gasteiger partial charge in [0.25, 0.3) is 0 Å². The molecular formula is C44H70O15. The maximum Gasteiger partial charge on any atom is 0.337 e. The molecule has 0 amide bonds. The molecule has 7 rings (SSSR count). The topological polar surface area (TPSA) is 231 Å². The largest absolute Gasteiger partial charge is 0.469 e. The van der Waals surface area contributed by atoms with Crippen LogP contribution in [0.3, 0.4) is 0 Å². The molecule has 0 spiro atoms. The number of rotatable bonds is 8. The average Bonchev–Trinajstić information content (AvgIpc) is 3.20. The van der Waals surface area contributed by atoms with E-state index in [4.69, 9.17) is 28.4 Å². The van der Waals surface area contributed by atoms with Crippen molar-refractivity contribution in [2.45, 2.75) is 173 Å². The van der Waals surface area contributed by atoms with Gasteiger partial charge in [-0.1, -0.05) is 53.2 Å². The second kappa shape index (κ2) is 15.8. The van der Waals surface area contributed by atoms with Gasteiger partial charge in [-0.3, -0.25) is 4.79 Å². The van der Waals surface area contributed by atoms with Gasteiger partial charge in [0.1, 0.15) is 42.7 Å². The molecule has 2 aliphatic heterocycles. The summed E-state index contributed by atoms with van der Waals surface area (Å²) in [5, 5.41) is 75.3. The van der Waals surface area contributed by atoms with E-state index in [1.165, 1.54) is 12.7 Å². The Balaban J connectivity index is 1.18. The molecule has 0 aromatic heterocycles. The number of hydrogen-bond acceptors (Lipinski definition) is 15. The molecule has 0 aromatic carbocycles. The molecule has 7 N–H and O–H groups in total. The number of methoxy groups -OCH3 is 2. The fourth-order valence-electron chi connectivity index (χ4n) is 13.9. The van der Waals surface area contributed by atoms with Crippen molar-refractivity contribution >= 4 is 11.9 Å². The van der Waals surface area contributed by atoms with E-state index >= 15 is 0 Å². The van der Waals surface area contributed by atoms with Crippen molar-refractivity contribution < 1.29 is 73.8 Å². The first-order valence-corrected chi connectivity index (χ1v) is 21.7. The standard InChI is InChI=1S/C44H70O15/c1-39(2)15-17-44(38(53)55-8)18-16-42(5)22(23(44)19-39)9-10-26-40(3)13-12-27(41(4,21-46)25(40)11-14-43(26,42)6)57-37-34(31(50)30(49)33(58-37)35(52)54-7)59-36-32(51)29(48)28(47)24(20-45)56-36/h9,23-34,36-37,45-51H,10-21H2,1-8H3/t23-,24+,25+,26+,27-,28-,29-,30-,31-,32+,33-,34+,36-,37+,40-,41-,42+,43+,44-/m0/s1. The molecule has 0 radical (unpaired) electrons. The number of carbonyl (C=O) groups excluding carboxylic acids is 2. The molecular weight excluding hydrogens is 768 g/mol. The van der Waals surface area contributed by atoms with Gasteiger partial charge in [-0.25, -0.2) is 4.79 Å². The fourth-order valence-corrected chi connectivity index (χ4v) is 13.9. The summed E-state index contributed by atoms with van der Waals surface area (Å²) in [7, 11) is 2.63. The number of hydrogen-bond donors (Lipinski definition) is 7. The monoisotopic (exact) mass is 838 g/mol. The highest BCUT2D eigenvalue weighted by atomic mass is 16.8. The van der Waals surface area contributed by atoms with Crippen molar-refractivity contribution in [1.29, 1.82) is 0 Å². The van der Waals surface area contributed by atoms with Crippen LogP contribution in [0.2, 0.25) is 0 Å². The van der Waals surface area contributed by atoms with E-state index in [1.807, 2.05) is 6.92 Å². The smallest absolute Gasteiger partial charge is 0.337 e. The van der Waals surface area contributed by atoms with Crippen LogP contribution in [0, 0.1) is 50.2 Å². The van der Waals surface area contributed by atoms with Gasteiger partial charge in [0.2, 0.25) is 0 Å². The Labute approximate surface area is 347 Å². The number of carbonyl (C=O) groups is 2. The molecule has 59 heavy (non-hydrogen) atoms. The Morgan fingerprint density at radius 1 is 0.746 bits per heavy atom. The zero-order valence-electron chi connectivity index (χ0n) is 36.0. The summed E-state index contributed by atoms with van der Waals surface area (Å²) in [5.41, 5.74) is -0.303. The maximum absolute atomic E-state index is 13.7. The van der Waals surface area contributed by atoms with Crippen LogP contribution < -0.4 is 0 Å². The lowest BCUT2D eigenvalue weighted by Crippen LogP contribution is -2.68. The van der Waals surface area contributed by atoms with Gasteiger partial charge in [-0.05, 0) is 104 Å². The second-order valence-corrected chi connectivity index (χ2v) is 20.9. The van der Waals surface area contributed by atoms with Gasteiger partial charge < -0.3 is 64.2 Å².